The Balaban J connectivity index is 1.82. The topological polar surface area (TPSA) is 68.5 Å². The first-order valence-corrected chi connectivity index (χ1v) is 6.47. The SMILES string of the molecule is O=C1CCON1Cc1ccc(-c2noc(C(F)(F)F)n2)c(F)c1. The predicted molar refractivity (Wildman–Crippen MR) is 65.8 cm³/mol. The van der Waals surface area contributed by atoms with Crippen molar-refractivity contribution in [3.63, 3.8) is 0 Å². The van der Waals surface area contributed by atoms with E-state index >= 15 is 0 Å². The molecule has 10 heteroatoms. The number of hydroxylamine groups is 2. The van der Waals surface area contributed by atoms with Gasteiger partial charge in [0, 0.05) is 0 Å². The number of alkyl halides is 3. The lowest BCUT2D eigenvalue weighted by atomic mass is 10.1. The van der Waals surface area contributed by atoms with Crippen LogP contribution in [0.5, 0.6) is 0 Å². The summed E-state index contributed by atoms with van der Waals surface area (Å²) in [7, 11) is 0. The van der Waals surface area contributed by atoms with Gasteiger partial charge in [0.15, 0.2) is 0 Å². The molecule has 0 N–H and O–H groups in total. The highest BCUT2D eigenvalue weighted by Crippen LogP contribution is 2.30. The van der Waals surface area contributed by atoms with E-state index in [2.05, 4.69) is 14.7 Å². The van der Waals surface area contributed by atoms with Crippen molar-refractivity contribution in [2.75, 3.05) is 6.61 Å². The number of carbonyl (C=O) groups excluding carboxylic acids is 1. The largest absolute Gasteiger partial charge is 0.471 e. The second kappa shape index (κ2) is 5.61. The van der Waals surface area contributed by atoms with E-state index in [9.17, 15) is 22.4 Å². The summed E-state index contributed by atoms with van der Waals surface area (Å²) in [6.07, 6.45) is -4.54. The van der Waals surface area contributed by atoms with Gasteiger partial charge in [0.1, 0.15) is 5.82 Å². The van der Waals surface area contributed by atoms with Gasteiger partial charge in [-0.25, -0.2) is 9.45 Å². The predicted octanol–water partition coefficient (Wildman–Crippen LogP) is 2.56. The zero-order valence-corrected chi connectivity index (χ0v) is 11.4. The Morgan fingerprint density at radius 2 is 2.09 bits per heavy atom. The number of benzene rings is 1. The Morgan fingerprint density at radius 1 is 1.30 bits per heavy atom. The first-order chi connectivity index (χ1) is 10.8. The minimum absolute atomic E-state index is 0.0378. The molecule has 0 radical (unpaired) electrons. The third-order valence-corrected chi connectivity index (χ3v) is 3.11. The van der Waals surface area contributed by atoms with Gasteiger partial charge in [-0.05, 0) is 17.7 Å². The molecule has 1 aromatic heterocycles. The Morgan fingerprint density at radius 3 is 2.65 bits per heavy atom. The number of amides is 1. The number of hydrogen-bond donors (Lipinski definition) is 0. The van der Waals surface area contributed by atoms with Crippen LogP contribution < -0.4 is 0 Å². The molecule has 23 heavy (non-hydrogen) atoms. The summed E-state index contributed by atoms with van der Waals surface area (Å²) in [6.45, 7) is 0.304. The normalized spacial score (nSPS) is 15.5. The molecule has 1 fully saturated rings. The molecule has 0 spiro atoms. The van der Waals surface area contributed by atoms with E-state index in [1.165, 1.54) is 12.1 Å². The highest BCUT2D eigenvalue weighted by atomic mass is 19.4. The molecule has 122 valence electrons. The average Bonchev–Trinajstić information content (AvgIpc) is 3.09. The molecular weight excluding hydrogens is 322 g/mol. The van der Waals surface area contributed by atoms with Gasteiger partial charge in [-0.3, -0.25) is 9.63 Å². The van der Waals surface area contributed by atoms with Gasteiger partial charge in [-0.2, -0.15) is 18.2 Å². The standard InChI is InChI=1S/C13H9F4N3O3/c14-9-5-7(6-20-10(21)3-4-22-20)1-2-8(9)11-18-12(23-19-11)13(15,16)17/h1-2,5H,3-4,6H2. The molecule has 3 rings (SSSR count). The van der Waals surface area contributed by atoms with Crippen molar-refractivity contribution in [1.29, 1.82) is 0 Å². The Bertz CT molecular complexity index is 744. The van der Waals surface area contributed by atoms with Crippen LogP contribution in [0, 0.1) is 5.82 Å². The third kappa shape index (κ3) is 3.16. The molecule has 6 nitrogen and oxygen atoms in total. The van der Waals surface area contributed by atoms with Crippen LogP contribution >= 0.6 is 0 Å². The maximum absolute atomic E-state index is 14.1. The van der Waals surface area contributed by atoms with Crippen molar-refractivity contribution in [2.24, 2.45) is 0 Å². The summed E-state index contributed by atoms with van der Waals surface area (Å²) in [5, 5.41) is 4.23. The Kier molecular flexibility index (Phi) is 3.76. The van der Waals surface area contributed by atoms with Crippen LogP contribution in [0.2, 0.25) is 0 Å². The summed E-state index contributed by atoms with van der Waals surface area (Å²) >= 11 is 0. The number of carbonyl (C=O) groups is 1. The Labute approximate surface area is 126 Å². The molecule has 1 aliphatic rings. The van der Waals surface area contributed by atoms with E-state index in [1.54, 1.807) is 0 Å². The summed E-state index contributed by atoms with van der Waals surface area (Å²) in [5.41, 5.74) is 0.183. The number of hydrogen-bond acceptors (Lipinski definition) is 5. The highest BCUT2D eigenvalue weighted by Gasteiger charge is 2.38. The number of aromatic nitrogens is 2. The van der Waals surface area contributed by atoms with Crippen LogP contribution in [0.1, 0.15) is 17.9 Å². The molecule has 0 aliphatic carbocycles. The van der Waals surface area contributed by atoms with Crippen LogP contribution in [0.25, 0.3) is 11.4 Å². The summed E-state index contributed by atoms with van der Waals surface area (Å²) in [5.74, 6) is -3.10. The maximum atomic E-state index is 14.1. The molecule has 1 aromatic carbocycles. The van der Waals surface area contributed by atoms with Crippen LogP contribution in [0.3, 0.4) is 0 Å². The zero-order valence-electron chi connectivity index (χ0n) is 11.4. The van der Waals surface area contributed by atoms with Crippen molar-refractivity contribution in [3.05, 3.63) is 35.5 Å². The van der Waals surface area contributed by atoms with Crippen LogP contribution in [0.4, 0.5) is 17.6 Å². The lowest BCUT2D eigenvalue weighted by Crippen LogP contribution is -2.22. The van der Waals surface area contributed by atoms with Crippen molar-refractivity contribution >= 4 is 5.91 Å². The fourth-order valence-corrected chi connectivity index (χ4v) is 2.03. The summed E-state index contributed by atoms with van der Waals surface area (Å²) < 4.78 is 55.3. The molecule has 2 aromatic rings. The van der Waals surface area contributed by atoms with Gasteiger partial charge in [0.05, 0.1) is 25.1 Å². The van der Waals surface area contributed by atoms with Crippen LogP contribution in [-0.2, 0) is 22.4 Å². The van der Waals surface area contributed by atoms with Crippen molar-refractivity contribution in [1.82, 2.24) is 15.2 Å². The van der Waals surface area contributed by atoms with Gasteiger partial charge in [0.25, 0.3) is 0 Å². The summed E-state index contributed by atoms with van der Waals surface area (Å²) in [6, 6.07) is 3.74. The van der Waals surface area contributed by atoms with E-state index in [0.717, 1.165) is 11.1 Å². The first-order valence-electron chi connectivity index (χ1n) is 6.47. The van der Waals surface area contributed by atoms with Crippen molar-refractivity contribution in [3.8, 4) is 11.4 Å². The number of rotatable bonds is 3. The fraction of sp³-hybridized carbons (Fsp3) is 0.308. The van der Waals surface area contributed by atoms with E-state index in [4.69, 9.17) is 4.84 Å². The van der Waals surface area contributed by atoms with Crippen LogP contribution in [0.15, 0.2) is 22.7 Å². The molecule has 1 aliphatic heterocycles. The van der Waals surface area contributed by atoms with E-state index in [0.29, 0.717) is 5.56 Å². The third-order valence-electron chi connectivity index (χ3n) is 3.11. The first kappa shape index (κ1) is 15.4. The zero-order chi connectivity index (χ0) is 16.6. The lowest BCUT2D eigenvalue weighted by molar-refractivity contribution is -0.164. The smallest absolute Gasteiger partial charge is 0.329 e. The minimum Gasteiger partial charge on any atom is -0.329 e. The summed E-state index contributed by atoms with van der Waals surface area (Å²) in [4.78, 5) is 19.6. The molecular formula is C13H9F4N3O3. The Hall–Kier alpha value is -2.49. The molecule has 1 amide bonds. The van der Waals surface area contributed by atoms with Gasteiger partial charge in [-0.15, -0.1) is 0 Å². The van der Waals surface area contributed by atoms with Crippen molar-refractivity contribution in [2.45, 2.75) is 19.1 Å². The van der Waals surface area contributed by atoms with Crippen LogP contribution in [-0.4, -0.2) is 27.7 Å². The highest BCUT2D eigenvalue weighted by molar-refractivity contribution is 5.76. The number of nitrogens with zero attached hydrogens (tertiary/aromatic N) is 3. The molecule has 2 heterocycles. The van der Waals surface area contributed by atoms with E-state index < -0.39 is 23.7 Å². The monoisotopic (exact) mass is 331 g/mol. The second-order valence-electron chi connectivity index (χ2n) is 4.75. The van der Waals surface area contributed by atoms with E-state index in [1.807, 2.05) is 0 Å². The molecule has 0 atom stereocenters. The second-order valence-corrected chi connectivity index (χ2v) is 4.75. The molecule has 0 unspecified atom stereocenters. The van der Waals surface area contributed by atoms with E-state index in [-0.39, 0.29) is 31.0 Å². The minimum atomic E-state index is -4.80. The lowest BCUT2D eigenvalue weighted by Gasteiger charge is -2.14. The maximum Gasteiger partial charge on any atom is 0.471 e. The van der Waals surface area contributed by atoms with Crippen molar-refractivity contribution < 1.29 is 31.7 Å². The molecule has 0 bridgehead atoms. The molecule has 1 saturated heterocycles. The van der Waals surface area contributed by atoms with Gasteiger partial charge in [-0.1, -0.05) is 11.2 Å². The fourth-order valence-electron chi connectivity index (χ4n) is 2.03. The van der Waals surface area contributed by atoms with Gasteiger partial charge in [0.2, 0.25) is 11.7 Å². The van der Waals surface area contributed by atoms with Gasteiger partial charge >= 0.3 is 12.1 Å². The average molecular weight is 331 g/mol. The quantitative estimate of drug-likeness (QED) is 0.809. The molecule has 0 saturated carbocycles. The number of halogens is 4. The van der Waals surface area contributed by atoms with Gasteiger partial charge < -0.3 is 4.52 Å².